The van der Waals surface area contributed by atoms with Gasteiger partial charge in [-0.3, -0.25) is 0 Å². The topological polar surface area (TPSA) is 67.2 Å². The largest absolute Gasteiger partial charge is 0.486 e. The highest BCUT2D eigenvalue weighted by Crippen LogP contribution is 2.30. The summed E-state index contributed by atoms with van der Waals surface area (Å²) in [5.74, 6) is 7.07. The first kappa shape index (κ1) is 10.2. The molecule has 0 N–H and O–H groups in total. The van der Waals surface area contributed by atoms with E-state index in [2.05, 4.69) is 21.9 Å². The van der Waals surface area contributed by atoms with Gasteiger partial charge in [0.1, 0.15) is 13.2 Å². The number of fused-ring (bicyclic) bond motifs is 1. The van der Waals surface area contributed by atoms with Crippen molar-refractivity contribution in [2.75, 3.05) is 19.8 Å². The minimum absolute atomic E-state index is 0.172. The van der Waals surface area contributed by atoms with Crippen molar-refractivity contribution in [3.05, 3.63) is 34.2 Å². The number of benzene rings is 1. The summed E-state index contributed by atoms with van der Waals surface area (Å²) in [7, 11) is 0. The van der Waals surface area contributed by atoms with Crippen LogP contribution in [-0.2, 0) is 0 Å². The Hall–Kier alpha value is -2.31. The van der Waals surface area contributed by atoms with E-state index in [0.717, 1.165) is 11.3 Å². The van der Waals surface area contributed by atoms with E-state index in [1.807, 2.05) is 18.2 Å². The maximum atomic E-state index is 8.08. The number of nitrogens with zero attached hydrogens (tertiary/aromatic N) is 3. The molecule has 0 unspecified atom stereocenters. The van der Waals surface area contributed by atoms with E-state index in [0.29, 0.717) is 19.0 Å². The molecule has 0 radical (unpaired) electrons. The van der Waals surface area contributed by atoms with Crippen molar-refractivity contribution in [1.29, 1.82) is 0 Å². The quantitative estimate of drug-likeness (QED) is 0.311. The van der Waals surface area contributed by atoms with E-state index >= 15 is 0 Å². The van der Waals surface area contributed by atoms with Gasteiger partial charge in [0.15, 0.2) is 11.5 Å². The summed E-state index contributed by atoms with van der Waals surface area (Å²) < 4.78 is 10.8. The van der Waals surface area contributed by atoms with Crippen LogP contribution in [0.3, 0.4) is 0 Å². The monoisotopic (exact) mass is 215 g/mol. The molecule has 5 nitrogen and oxygen atoms in total. The van der Waals surface area contributed by atoms with Crippen LogP contribution in [-0.4, -0.2) is 19.8 Å². The van der Waals surface area contributed by atoms with Gasteiger partial charge in [0.2, 0.25) is 0 Å². The van der Waals surface area contributed by atoms with Crippen LogP contribution in [0.25, 0.3) is 10.4 Å². The zero-order valence-electron chi connectivity index (χ0n) is 8.51. The Morgan fingerprint density at radius 3 is 2.94 bits per heavy atom. The van der Waals surface area contributed by atoms with Gasteiger partial charge >= 0.3 is 0 Å². The molecule has 0 spiro atoms. The number of hydrogen-bond donors (Lipinski definition) is 0. The van der Waals surface area contributed by atoms with Crippen LogP contribution in [0.4, 0.5) is 0 Å². The molecule has 0 aliphatic carbocycles. The van der Waals surface area contributed by atoms with E-state index in [-0.39, 0.29) is 6.54 Å². The lowest BCUT2D eigenvalue weighted by atomic mass is 10.2. The molecule has 1 aromatic rings. The van der Waals surface area contributed by atoms with Crippen molar-refractivity contribution in [3.8, 4) is 23.3 Å². The predicted molar refractivity (Wildman–Crippen MR) is 58.3 cm³/mol. The second kappa shape index (κ2) is 4.96. The smallest absolute Gasteiger partial charge is 0.162 e. The average molecular weight is 215 g/mol. The first-order valence-electron chi connectivity index (χ1n) is 4.79. The maximum Gasteiger partial charge on any atom is 0.162 e. The lowest BCUT2D eigenvalue weighted by molar-refractivity contribution is 0.171. The number of rotatable bonds is 1. The Kier molecular flexibility index (Phi) is 3.17. The van der Waals surface area contributed by atoms with Gasteiger partial charge in [0.05, 0.1) is 6.54 Å². The molecule has 1 heterocycles. The predicted octanol–water partition coefficient (Wildman–Crippen LogP) is 2.12. The molecule has 80 valence electrons. The highest BCUT2D eigenvalue weighted by Gasteiger charge is 2.10. The molecule has 0 atom stereocenters. The fraction of sp³-hybridized carbons (Fsp3) is 0.273. The second-order valence-electron chi connectivity index (χ2n) is 3.05. The lowest BCUT2D eigenvalue weighted by Gasteiger charge is -2.17. The Morgan fingerprint density at radius 2 is 2.12 bits per heavy atom. The molecule has 0 amide bonds. The first-order chi connectivity index (χ1) is 7.90. The van der Waals surface area contributed by atoms with Gasteiger partial charge < -0.3 is 9.47 Å². The second-order valence-corrected chi connectivity index (χ2v) is 3.05. The third-order valence-electron chi connectivity index (χ3n) is 1.99. The SMILES string of the molecule is [N-]=[N+]=NCC#Cc1ccc2c(c1)OCCO2. The Morgan fingerprint density at radius 1 is 1.31 bits per heavy atom. The zero-order valence-corrected chi connectivity index (χ0v) is 8.51. The van der Waals surface area contributed by atoms with E-state index < -0.39 is 0 Å². The molecular formula is C11H9N3O2. The van der Waals surface area contributed by atoms with Crippen molar-refractivity contribution in [2.24, 2.45) is 5.11 Å². The highest BCUT2D eigenvalue weighted by molar-refractivity contribution is 5.48. The van der Waals surface area contributed by atoms with Crippen LogP contribution in [0.1, 0.15) is 5.56 Å². The molecule has 1 aromatic carbocycles. The van der Waals surface area contributed by atoms with E-state index in [9.17, 15) is 0 Å². The molecule has 0 fully saturated rings. The van der Waals surface area contributed by atoms with E-state index in [1.54, 1.807) is 0 Å². The highest BCUT2D eigenvalue weighted by atomic mass is 16.6. The third kappa shape index (κ3) is 2.38. The van der Waals surface area contributed by atoms with Gasteiger partial charge in [-0.1, -0.05) is 17.0 Å². The Balaban J connectivity index is 2.15. The lowest BCUT2D eigenvalue weighted by Crippen LogP contribution is -2.15. The summed E-state index contributed by atoms with van der Waals surface area (Å²) >= 11 is 0. The van der Waals surface area contributed by atoms with Crippen LogP contribution in [0.2, 0.25) is 0 Å². The molecule has 1 aliphatic rings. The normalized spacial score (nSPS) is 12.0. The summed E-state index contributed by atoms with van der Waals surface area (Å²) in [6.07, 6.45) is 0. The molecule has 1 aliphatic heterocycles. The van der Waals surface area contributed by atoms with Crippen LogP contribution in [0.5, 0.6) is 11.5 Å². The van der Waals surface area contributed by atoms with Crippen molar-refractivity contribution in [3.63, 3.8) is 0 Å². The first-order valence-corrected chi connectivity index (χ1v) is 4.79. The van der Waals surface area contributed by atoms with Gasteiger partial charge in [0, 0.05) is 10.5 Å². The van der Waals surface area contributed by atoms with Gasteiger partial charge in [-0.2, -0.15) is 0 Å². The summed E-state index contributed by atoms with van der Waals surface area (Å²) in [4.78, 5) is 2.61. The fourth-order valence-corrected chi connectivity index (χ4v) is 1.33. The van der Waals surface area contributed by atoms with Crippen molar-refractivity contribution >= 4 is 0 Å². The van der Waals surface area contributed by atoms with Gasteiger partial charge in [-0.25, -0.2) is 0 Å². The number of azide groups is 1. The van der Waals surface area contributed by atoms with Crippen LogP contribution >= 0.6 is 0 Å². The van der Waals surface area contributed by atoms with Crippen LogP contribution < -0.4 is 9.47 Å². The summed E-state index contributed by atoms with van der Waals surface area (Å²) in [5, 5.41) is 3.33. The van der Waals surface area contributed by atoms with Crippen molar-refractivity contribution < 1.29 is 9.47 Å². The average Bonchev–Trinajstić information content (AvgIpc) is 2.34. The Bertz CT molecular complexity index is 496. The van der Waals surface area contributed by atoms with Crippen molar-refractivity contribution in [1.82, 2.24) is 0 Å². The molecule has 0 saturated heterocycles. The van der Waals surface area contributed by atoms with Crippen LogP contribution in [0.15, 0.2) is 23.3 Å². The molecule has 5 heteroatoms. The summed E-state index contributed by atoms with van der Waals surface area (Å²) in [5.41, 5.74) is 8.89. The van der Waals surface area contributed by atoms with Gasteiger partial charge in [0.25, 0.3) is 0 Å². The zero-order chi connectivity index (χ0) is 11.2. The number of ether oxygens (including phenoxy) is 2. The maximum absolute atomic E-state index is 8.08. The summed E-state index contributed by atoms with van der Waals surface area (Å²) in [6, 6.07) is 5.49. The molecule has 0 saturated carbocycles. The van der Waals surface area contributed by atoms with Gasteiger partial charge in [-0.15, -0.1) is 0 Å². The molecule has 16 heavy (non-hydrogen) atoms. The molecule has 2 rings (SSSR count). The Labute approximate surface area is 92.6 Å². The third-order valence-corrected chi connectivity index (χ3v) is 1.99. The molecule has 0 bridgehead atoms. The van der Waals surface area contributed by atoms with E-state index in [4.69, 9.17) is 15.0 Å². The summed E-state index contributed by atoms with van der Waals surface area (Å²) in [6.45, 7) is 1.31. The fourth-order valence-electron chi connectivity index (χ4n) is 1.33. The van der Waals surface area contributed by atoms with Crippen molar-refractivity contribution in [2.45, 2.75) is 0 Å². The minimum Gasteiger partial charge on any atom is -0.486 e. The molecule has 0 aromatic heterocycles. The van der Waals surface area contributed by atoms with Gasteiger partial charge in [-0.05, 0) is 23.7 Å². The van der Waals surface area contributed by atoms with Crippen LogP contribution in [0, 0.1) is 11.8 Å². The minimum atomic E-state index is 0.172. The standard InChI is InChI=1S/C11H9N3O2/c12-14-13-5-1-2-9-3-4-10-11(8-9)16-7-6-15-10/h3-4,8H,5-7H2. The van der Waals surface area contributed by atoms with E-state index in [1.165, 1.54) is 0 Å². The number of hydrogen-bond acceptors (Lipinski definition) is 3. The molecular weight excluding hydrogens is 206 g/mol.